The number of esters is 3. The van der Waals surface area contributed by atoms with Crippen LogP contribution in [0.2, 0.25) is 0 Å². The van der Waals surface area contributed by atoms with Gasteiger partial charge in [0.1, 0.15) is 12.7 Å². The molecule has 0 aliphatic heterocycles. The average molecular weight is 1080 g/mol. The van der Waals surface area contributed by atoms with E-state index in [-0.39, 0.29) is 25.9 Å². The van der Waals surface area contributed by atoms with Gasteiger partial charge in [-0.3, -0.25) is 23.4 Å². The van der Waals surface area contributed by atoms with Crippen LogP contribution >= 0.6 is 7.82 Å². The molecule has 3 atom stereocenters. The summed E-state index contributed by atoms with van der Waals surface area (Å²) in [5.41, 5.74) is 0. The number of hydrogen-bond acceptors (Lipinski definition) is 10. The van der Waals surface area contributed by atoms with Crippen LogP contribution in [0.25, 0.3) is 0 Å². The zero-order valence-corrected chi connectivity index (χ0v) is 48.6. The molecule has 0 aromatic carbocycles. The van der Waals surface area contributed by atoms with Gasteiger partial charge in [-0.05, 0) is 122 Å². The van der Waals surface area contributed by atoms with E-state index in [1.807, 2.05) is 12.2 Å². The molecule has 0 radical (unpaired) electrons. The van der Waals surface area contributed by atoms with Crippen molar-refractivity contribution in [3.63, 3.8) is 0 Å². The number of aliphatic hydroxyl groups excluding tert-OH is 1. The Balaban J connectivity index is 4.86. The molecular formula is C64H105O11P. The fourth-order valence-corrected chi connectivity index (χ4v) is 8.16. The molecule has 76 heavy (non-hydrogen) atoms. The van der Waals surface area contributed by atoms with Crippen LogP contribution in [0.4, 0.5) is 0 Å². The van der Waals surface area contributed by atoms with Gasteiger partial charge in [0.2, 0.25) is 0 Å². The fraction of sp³-hybridized carbons (Fsp3) is 0.641. The van der Waals surface area contributed by atoms with Gasteiger partial charge in [0, 0.05) is 19.3 Å². The zero-order valence-electron chi connectivity index (χ0n) is 47.7. The first-order valence-corrected chi connectivity index (χ1v) is 30.9. The van der Waals surface area contributed by atoms with E-state index < -0.39 is 57.8 Å². The second kappa shape index (κ2) is 57.1. The van der Waals surface area contributed by atoms with Crippen LogP contribution in [0.3, 0.4) is 0 Å². The minimum atomic E-state index is -4.78. The van der Waals surface area contributed by atoms with Crippen molar-refractivity contribution in [3.05, 3.63) is 122 Å². The van der Waals surface area contributed by atoms with Gasteiger partial charge in [-0.15, -0.1) is 0 Å². The Hall–Kier alpha value is -4.12. The van der Waals surface area contributed by atoms with E-state index in [1.54, 1.807) is 0 Å². The quantitative estimate of drug-likeness (QED) is 0.0197. The van der Waals surface area contributed by atoms with Gasteiger partial charge >= 0.3 is 25.7 Å². The molecule has 12 heteroatoms. The molecule has 11 nitrogen and oxygen atoms in total. The number of rotatable bonds is 53. The number of allylic oxidation sites excluding steroid dienone is 20. The largest absolute Gasteiger partial charge is 0.472 e. The Morgan fingerprint density at radius 1 is 0.382 bits per heavy atom. The number of ether oxygens (including phenoxy) is 3. The standard InChI is InChI=1S/C64H105O11P/c1-4-7-10-13-16-19-22-25-27-29-30-32-33-36-38-41-44-47-50-53-62(66)71-57-61(75-64(68)55-52-49-46-43-40-37-34-31-28-26-23-20-17-14-11-8-5-2)59-73-76(69,70)72-58-60(56-65)74-63(67)54-51-48-45-42-39-35-24-21-18-15-12-9-6-3/h8,11-12,15-17,19-21,24-28,30,32,34,37,43,46,60-61,65H,4-7,9-10,13-14,18,22-23,29,31,33,35-36,38-42,44-45,47-59H2,1-3H3,(H,69,70)/b11-8-,15-12-,19-16-,20-17-,24-21-,27-25-,28-26-,32-30-,37-34-,46-43-. The smallest absolute Gasteiger partial charge is 0.462 e. The van der Waals surface area contributed by atoms with Gasteiger partial charge < -0.3 is 24.2 Å². The summed E-state index contributed by atoms with van der Waals surface area (Å²) in [6.45, 7) is 4.33. The van der Waals surface area contributed by atoms with E-state index in [2.05, 4.69) is 130 Å². The summed E-state index contributed by atoms with van der Waals surface area (Å²) in [5.74, 6) is -1.58. The highest BCUT2D eigenvalue weighted by atomic mass is 31.2. The lowest BCUT2D eigenvalue weighted by atomic mass is 10.1. The summed E-state index contributed by atoms with van der Waals surface area (Å²) in [6.07, 6.45) is 70.2. The monoisotopic (exact) mass is 1080 g/mol. The van der Waals surface area contributed by atoms with Crippen molar-refractivity contribution < 1.29 is 52.2 Å². The second-order valence-electron chi connectivity index (χ2n) is 19.1. The third kappa shape index (κ3) is 54.7. The van der Waals surface area contributed by atoms with Gasteiger partial charge in [-0.25, -0.2) is 4.57 Å². The summed E-state index contributed by atoms with van der Waals surface area (Å²) in [5, 5.41) is 9.81. The normalized spacial score (nSPS) is 14.2. The maximum atomic E-state index is 12.9. The van der Waals surface area contributed by atoms with Gasteiger partial charge in [0.25, 0.3) is 0 Å². The lowest BCUT2D eigenvalue weighted by molar-refractivity contribution is -0.161. The minimum Gasteiger partial charge on any atom is -0.462 e. The lowest BCUT2D eigenvalue weighted by Crippen LogP contribution is -2.30. The molecular weight excluding hydrogens is 976 g/mol. The Labute approximate surface area is 462 Å². The minimum absolute atomic E-state index is 0.0790. The Bertz CT molecular complexity index is 1740. The van der Waals surface area contributed by atoms with Crippen LogP contribution in [-0.4, -0.2) is 66.5 Å². The number of carbonyl (C=O) groups is 3. The Morgan fingerprint density at radius 3 is 1.16 bits per heavy atom. The van der Waals surface area contributed by atoms with E-state index in [0.29, 0.717) is 25.7 Å². The number of aliphatic hydroxyl groups is 1. The highest BCUT2D eigenvalue weighted by Gasteiger charge is 2.28. The van der Waals surface area contributed by atoms with E-state index in [1.165, 1.54) is 25.7 Å². The highest BCUT2D eigenvalue weighted by molar-refractivity contribution is 7.47. The van der Waals surface area contributed by atoms with Crippen LogP contribution in [-0.2, 0) is 42.2 Å². The van der Waals surface area contributed by atoms with Gasteiger partial charge in [-0.1, -0.05) is 206 Å². The first kappa shape index (κ1) is 71.9. The van der Waals surface area contributed by atoms with Crippen molar-refractivity contribution in [2.45, 2.75) is 238 Å². The molecule has 0 fully saturated rings. The lowest BCUT2D eigenvalue weighted by Gasteiger charge is -2.21. The van der Waals surface area contributed by atoms with Crippen molar-refractivity contribution in [1.82, 2.24) is 0 Å². The molecule has 0 heterocycles. The molecule has 432 valence electrons. The third-order valence-corrected chi connectivity index (χ3v) is 12.8. The number of unbranched alkanes of at least 4 members (excludes halogenated alkanes) is 16. The van der Waals surface area contributed by atoms with Gasteiger partial charge in [0.15, 0.2) is 6.10 Å². The van der Waals surface area contributed by atoms with Crippen molar-refractivity contribution in [2.75, 3.05) is 26.4 Å². The van der Waals surface area contributed by atoms with E-state index in [9.17, 15) is 28.9 Å². The van der Waals surface area contributed by atoms with Crippen LogP contribution in [0.15, 0.2) is 122 Å². The number of phosphoric ester groups is 1. The zero-order chi connectivity index (χ0) is 55.5. The predicted octanol–water partition coefficient (Wildman–Crippen LogP) is 17.6. The molecule has 0 bridgehead atoms. The molecule has 0 saturated carbocycles. The van der Waals surface area contributed by atoms with E-state index >= 15 is 0 Å². The van der Waals surface area contributed by atoms with Gasteiger partial charge in [-0.2, -0.15) is 0 Å². The molecule has 0 saturated heterocycles. The maximum absolute atomic E-state index is 12.9. The molecule has 0 aromatic rings. The van der Waals surface area contributed by atoms with Crippen molar-refractivity contribution in [1.29, 1.82) is 0 Å². The maximum Gasteiger partial charge on any atom is 0.472 e. The third-order valence-electron chi connectivity index (χ3n) is 11.8. The fourth-order valence-electron chi connectivity index (χ4n) is 7.38. The summed E-state index contributed by atoms with van der Waals surface area (Å²) in [4.78, 5) is 48.6. The molecule has 2 N–H and O–H groups in total. The highest BCUT2D eigenvalue weighted by Crippen LogP contribution is 2.43. The summed E-state index contributed by atoms with van der Waals surface area (Å²) >= 11 is 0. The van der Waals surface area contributed by atoms with E-state index in [0.717, 1.165) is 135 Å². The van der Waals surface area contributed by atoms with Gasteiger partial charge in [0.05, 0.1) is 19.8 Å². The molecule has 0 spiro atoms. The predicted molar refractivity (Wildman–Crippen MR) is 316 cm³/mol. The van der Waals surface area contributed by atoms with Crippen LogP contribution in [0, 0.1) is 0 Å². The SMILES string of the molecule is CC/C=C\C/C=C\C/C=C\C/C=C\C/C=C\CCCC(=O)OC(COC(=O)CCCCCCCC/C=C\C/C=C\C/C=C\CCCCC)COP(=O)(O)OCC(CO)OC(=O)CCCCCCC/C=C\C/C=C\CCC. The van der Waals surface area contributed by atoms with Crippen LogP contribution in [0.5, 0.6) is 0 Å². The van der Waals surface area contributed by atoms with Crippen molar-refractivity contribution in [3.8, 4) is 0 Å². The first-order valence-electron chi connectivity index (χ1n) is 29.4. The summed E-state index contributed by atoms with van der Waals surface area (Å²) < 4.78 is 39.5. The van der Waals surface area contributed by atoms with Crippen molar-refractivity contribution in [2.24, 2.45) is 0 Å². The molecule has 0 aliphatic rings. The topological polar surface area (TPSA) is 155 Å². The Kier molecular flexibility index (Phi) is 54.0. The first-order chi connectivity index (χ1) is 37.2. The van der Waals surface area contributed by atoms with Crippen LogP contribution in [0.1, 0.15) is 226 Å². The second-order valence-corrected chi connectivity index (χ2v) is 20.5. The average Bonchev–Trinajstić information content (AvgIpc) is 3.41. The molecule has 0 aromatic heterocycles. The van der Waals surface area contributed by atoms with Crippen LogP contribution < -0.4 is 0 Å². The van der Waals surface area contributed by atoms with E-state index in [4.69, 9.17) is 23.3 Å². The molecule has 0 rings (SSSR count). The Morgan fingerprint density at radius 2 is 0.724 bits per heavy atom. The molecule has 0 aliphatic carbocycles. The summed E-state index contributed by atoms with van der Waals surface area (Å²) in [6, 6.07) is 0. The number of phosphoric acid groups is 1. The number of hydrogen-bond donors (Lipinski definition) is 2. The van der Waals surface area contributed by atoms with Crippen molar-refractivity contribution >= 4 is 25.7 Å². The summed E-state index contributed by atoms with van der Waals surface area (Å²) in [7, 11) is -4.78. The number of carbonyl (C=O) groups excluding carboxylic acids is 3. The molecule has 0 amide bonds. The molecule has 3 unspecified atom stereocenters.